The molecule has 0 aromatic heterocycles. The molecular formula is C33H36N2O. The lowest BCUT2D eigenvalue weighted by atomic mass is 9.77. The van der Waals surface area contributed by atoms with Crippen molar-refractivity contribution < 1.29 is 4.74 Å². The SMILES string of the molecule is CCCCC[C@H]1CC[C@H](c2ccc(-c3ccc(-c4ccc(OCC)cc4)c(C#N)c3C#N)cc2)CC1. The Morgan fingerprint density at radius 2 is 1.28 bits per heavy atom. The van der Waals surface area contributed by atoms with Crippen LogP contribution in [0, 0.1) is 28.6 Å². The van der Waals surface area contributed by atoms with E-state index >= 15 is 0 Å². The van der Waals surface area contributed by atoms with Crippen LogP contribution in [-0.4, -0.2) is 6.61 Å². The molecule has 3 heteroatoms. The molecular weight excluding hydrogens is 440 g/mol. The van der Waals surface area contributed by atoms with Crippen molar-refractivity contribution in [3.8, 4) is 40.1 Å². The van der Waals surface area contributed by atoms with Crippen LogP contribution in [0.3, 0.4) is 0 Å². The van der Waals surface area contributed by atoms with Gasteiger partial charge in [-0.15, -0.1) is 0 Å². The monoisotopic (exact) mass is 476 g/mol. The number of hydrogen-bond acceptors (Lipinski definition) is 3. The molecule has 1 saturated carbocycles. The first kappa shape index (κ1) is 25.5. The number of hydrogen-bond donors (Lipinski definition) is 0. The molecule has 3 nitrogen and oxygen atoms in total. The Labute approximate surface area is 216 Å². The van der Waals surface area contributed by atoms with Gasteiger partial charge in [0.1, 0.15) is 17.9 Å². The van der Waals surface area contributed by atoms with E-state index in [4.69, 9.17) is 4.74 Å². The van der Waals surface area contributed by atoms with E-state index in [2.05, 4.69) is 43.3 Å². The standard InChI is InChI=1S/C33H36N2O/c1-3-5-6-7-24-8-10-25(11-9-24)26-12-14-27(15-13-26)30-20-21-31(33(23-35)32(30)22-34)28-16-18-29(19-17-28)36-4-2/h12-21,24-25H,3-11H2,1-2H3/t24-,25-. The highest BCUT2D eigenvalue weighted by molar-refractivity contribution is 5.82. The van der Waals surface area contributed by atoms with Gasteiger partial charge < -0.3 is 4.74 Å². The second kappa shape index (κ2) is 12.4. The zero-order valence-electron chi connectivity index (χ0n) is 21.6. The third kappa shape index (κ3) is 5.80. The van der Waals surface area contributed by atoms with Gasteiger partial charge in [0.2, 0.25) is 0 Å². The topological polar surface area (TPSA) is 56.8 Å². The first-order valence-electron chi connectivity index (χ1n) is 13.5. The van der Waals surface area contributed by atoms with Crippen molar-refractivity contribution in [1.82, 2.24) is 0 Å². The number of nitriles is 2. The Hall–Kier alpha value is -3.56. The molecule has 1 aliphatic carbocycles. The van der Waals surface area contributed by atoms with Gasteiger partial charge in [0.15, 0.2) is 0 Å². The van der Waals surface area contributed by atoms with Gasteiger partial charge in [0, 0.05) is 11.1 Å². The van der Waals surface area contributed by atoms with E-state index in [0.717, 1.165) is 33.9 Å². The molecule has 4 rings (SSSR count). The zero-order chi connectivity index (χ0) is 25.3. The maximum Gasteiger partial charge on any atom is 0.119 e. The van der Waals surface area contributed by atoms with E-state index in [0.29, 0.717) is 23.7 Å². The Morgan fingerprint density at radius 1 is 0.722 bits per heavy atom. The smallest absolute Gasteiger partial charge is 0.119 e. The number of nitrogens with zero attached hydrogens (tertiary/aromatic N) is 2. The van der Waals surface area contributed by atoms with E-state index in [1.807, 2.05) is 43.3 Å². The van der Waals surface area contributed by atoms with Gasteiger partial charge in [-0.25, -0.2) is 0 Å². The third-order valence-corrected chi connectivity index (χ3v) is 7.66. The summed E-state index contributed by atoms with van der Waals surface area (Å²) in [6.07, 6.45) is 10.7. The second-order valence-corrected chi connectivity index (χ2v) is 9.93. The maximum absolute atomic E-state index is 10.0. The number of unbranched alkanes of at least 4 members (excludes halogenated alkanes) is 2. The maximum atomic E-state index is 10.0. The van der Waals surface area contributed by atoms with Gasteiger partial charge in [-0.1, -0.05) is 81.1 Å². The van der Waals surface area contributed by atoms with Crippen LogP contribution >= 0.6 is 0 Å². The lowest BCUT2D eigenvalue weighted by Crippen LogP contribution is -2.13. The molecule has 0 saturated heterocycles. The fourth-order valence-corrected chi connectivity index (χ4v) is 5.62. The highest BCUT2D eigenvalue weighted by Crippen LogP contribution is 2.39. The minimum absolute atomic E-state index is 0.421. The van der Waals surface area contributed by atoms with Crippen molar-refractivity contribution in [2.24, 2.45) is 5.92 Å². The van der Waals surface area contributed by atoms with Crippen molar-refractivity contribution in [3.63, 3.8) is 0 Å². The number of ether oxygens (including phenoxy) is 1. The normalized spacial score (nSPS) is 17.2. The molecule has 0 atom stereocenters. The quantitative estimate of drug-likeness (QED) is 0.289. The lowest BCUT2D eigenvalue weighted by molar-refractivity contribution is 0.303. The van der Waals surface area contributed by atoms with Crippen LogP contribution < -0.4 is 4.74 Å². The van der Waals surface area contributed by atoms with Crippen LogP contribution in [-0.2, 0) is 0 Å². The first-order valence-corrected chi connectivity index (χ1v) is 13.5. The Morgan fingerprint density at radius 3 is 1.78 bits per heavy atom. The first-order chi connectivity index (χ1) is 17.7. The summed E-state index contributed by atoms with van der Waals surface area (Å²) >= 11 is 0. The van der Waals surface area contributed by atoms with Crippen molar-refractivity contribution >= 4 is 0 Å². The highest BCUT2D eigenvalue weighted by Gasteiger charge is 2.22. The minimum Gasteiger partial charge on any atom is -0.494 e. The molecule has 0 amide bonds. The van der Waals surface area contributed by atoms with Crippen LogP contribution in [0.25, 0.3) is 22.3 Å². The summed E-state index contributed by atoms with van der Waals surface area (Å²) < 4.78 is 5.54. The summed E-state index contributed by atoms with van der Waals surface area (Å²) in [7, 11) is 0. The van der Waals surface area contributed by atoms with Gasteiger partial charge >= 0.3 is 0 Å². The Balaban J connectivity index is 1.52. The van der Waals surface area contributed by atoms with Crippen molar-refractivity contribution in [1.29, 1.82) is 10.5 Å². The van der Waals surface area contributed by atoms with Gasteiger partial charge in [-0.2, -0.15) is 10.5 Å². The molecule has 0 aliphatic heterocycles. The van der Waals surface area contributed by atoms with E-state index in [-0.39, 0.29) is 0 Å². The van der Waals surface area contributed by atoms with Crippen LogP contribution in [0.4, 0.5) is 0 Å². The predicted octanol–water partition coefficient (Wildman–Crippen LogP) is 9.02. The summed E-state index contributed by atoms with van der Waals surface area (Å²) in [6, 6.07) is 24.9. The largest absolute Gasteiger partial charge is 0.494 e. The molecule has 0 heterocycles. The van der Waals surface area contributed by atoms with Gasteiger partial charge in [-0.05, 0) is 73.3 Å². The molecule has 36 heavy (non-hydrogen) atoms. The molecule has 0 unspecified atom stereocenters. The predicted molar refractivity (Wildman–Crippen MR) is 147 cm³/mol. The molecule has 184 valence electrons. The van der Waals surface area contributed by atoms with Crippen LogP contribution in [0.1, 0.15) is 87.8 Å². The molecule has 1 fully saturated rings. The molecule has 3 aromatic rings. The number of rotatable bonds is 9. The molecule has 0 spiro atoms. The van der Waals surface area contributed by atoms with Crippen LogP contribution in [0.15, 0.2) is 60.7 Å². The molecule has 0 radical (unpaired) electrons. The highest BCUT2D eigenvalue weighted by atomic mass is 16.5. The fourth-order valence-electron chi connectivity index (χ4n) is 5.62. The minimum atomic E-state index is 0.421. The Kier molecular flexibility index (Phi) is 8.80. The second-order valence-electron chi connectivity index (χ2n) is 9.93. The van der Waals surface area contributed by atoms with Crippen LogP contribution in [0.5, 0.6) is 5.75 Å². The number of benzene rings is 3. The summed E-state index contributed by atoms with van der Waals surface area (Å²) in [5.74, 6) is 2.33. The van der Waals surface area contributed by atoms with E-state index in [1.54, 1.807) is 0 Å². The lowest BCUT2D eigenvalue weighted by Gasteiger charge is -2.29. The molecule has 0 bridgehead atoms. The summed E-state index contributed by atoms with van der Waals surface area (Å²) in [4.78, 5) is 0. The van der Waals surface area contributed by atoms with E-state index < -0.39 is 0 Å². The van der Waals surface area contributed by atoms with Gasteiger partial charge in [-0.3, -0.25) is 0 Å². The van der Waals surface area contributed by atoms with Gasteiger partial charge in [0.05, 0.1) is 17.7 Å². The molecule has 1 aliphatic rings. The van der Waals surface area contributed by atoms with Crippen molar-refractivity contribution in [2.75, 3.05) is 6.61 Å². The average Bonchev–Trinajstić information content (AvgIpc) is 2.93. The molecule has 0 N–H and O–H groups in total. The van der Waals surface area contributed by atoms with Gasteiger partial charge in [0.25, 0.3) is 0 Å². The zero-order valence-corrected chi connectivity index (χ0v) is 21.6. The summed E-state index contributed by atoms with van der Waals surface area (Å²) in [5.41, 5.74) is 5.73. The van der Waals surface area contributed by atoms with Crippen molar-refractivity contribution in [3.05, 3.63) is 77.4 Å². The fraction of sp³-hybridized carbons (Fsp3) is 0.394. The van der Waals surface area contributed by atoms with E-state index in [9.17, 15) is 10.5 Å². The van der Waals surface area contributed by atoms with Crippen molar-refractivity contribution in [2.45, 2.75) is 71.1 Å². The summed E-state index contributed by atoms with van der Waals surface area (Å²) in [5, 5.41) is 20.0. The van der Waals surface area contributed by atoms with E-state index in [1.165, 1.54) is 56.9 Å². The Bertz CT molecular complexity index is 1220. The summed E-state index contributed by atoms with van der Waals surface area (Å²) in [6.45, 7) is 4.83. The third-order valence-electron chi connectivity index (χ3n) is 7.66. The molecule has 3 aromatic carbocycles. The van der Waals surface area contributed by atoms with Crippen LogP contribution in [0.2, 0.25) is 0 Å². The average molecular weight is 477 g/mol.